The first-order valence-electron chi connectivity index (χ1n) is 7.17. The first-order valence-corrected chi connectivity index (χ1v) is 7.17. The number of phenolic OH excluding ortho intramolecular Hbond substituents is 1. The molecular weight excluding hydrogens is 270 g/mol. The van der Waals surface area contributed by atoms with Crippen molar-refractivity contribution < 1.29 is 20.1 Å². The van der Waals surface area contributed by atoms with Gasteiger partial charge in [-0.05, 0) is 44.4 Å². The van der Waals surface area contributed by atoms with Gasteiger partial charge < -0.3 is 20.6 Å². The van der Waals surface area contributed by atoms with Crippen molar-refractivity contribution >= 4 is 5.97 Å². The van der Waals surface area contributed by atoms with Crippen molar-refractivity contribution in [2.75, 3.05) is 13.2 Å². The minimum atomic E-state index is -0.871. The molecule has 5 nitrogen and oxygen atoms in total. The number of rotatable bonds is 5. The second-order valence-corrected chi connectivity index (χ2v) is 6.53. The van der Waals surface area contributed by atoms with Gasteiger partial charge in [0.2, 0.25) is 0 Å². The summed E-state index contributed by atoms with van der Waals surface area (Å²) >= 11 is 0. The molecule has 2 rings (SSSR count). The van der Waals surface area contributed by atoms with Gasteiger partial charge in [0.1, 0.15) is 5.75 Å². The molecule has 0 amide bonds. The zero-order valence-electron chi connectivity index (χ0n) is 12.5. The van der Waals surface area contributed by atoms with E-state index in [0.29, 0.717) is 19.4 Å². The molecule has 1 aliphatic heterocycles. The molecule has 21 heavy (non-hydrogen) atoms. The fourth-order valence-corrected chi connectivity index (χ4v) is 3.46. The van der Waals surface area contributed by atoms with Crippen LogP contribution in [-0.2, 0) is 11.2 Å². The van der Waals surface area contributed by atoms with Gasteiger partial charge in [0.25, 0.3) is 0 Å². The average molecular weight is 293 g/mol. The van der Waals surface area contributed by atoms with Gasteiger partial charge in [0.15, 0.2) is 0 Å². The molecule has 0 saturated carbocycles. The number of phenols is 1. The molecule has 4 N–H and O–H groups in total. The first kappa shape index (κ1) is 15.8. The second kappa shape index (κ2) is 5.66. The third kappa shape index (κ3) is 3.04. The lowest BCUT2D eigenvalue weighted by Gasteiger charge is -2.35. The Labute approximate surface area is 124 Å². The molecule has 5 heteroatoms. The fraction of sp³-hybridized carbons (Fsp3) is 0.562. The van der Waals surface area contributed by atoms with Gasteiger partial charge in [-0.1, -0.05) is 12.1 Å². The summed E-state index contributed by atoms with van der Waals surface area (Å²) in [7, 11) is 0. The van der Waals surface area contributed by atoms with Crippen LogP contribution < -0.4 is 5.32 Å². The number of benzene rings is 1. The Morgan fingerprint density at radius 1 is 1.33 bits per heavy atom. The predicted molar refractivity (Wildman–Crippen MR) is 79.2 cm³/mol. The average Bonchev–Trinajstić information content (AvgIpc) is 2.70. The van der Waals surface area contributed by atoms with Crippen molar-refractivity contribution in [1.29, 1.82) is 0 Å². The molecule has 0 aliphatic carbocycles. The molecule has 1 aliphatic rings. The highest BCUT2D eigenvalue weighted by Crippen LogP contribution is 2.44. The maximum Gasteiger partial charge on any atom is 0.309 e. The summed E-state index contributed by atoms with van der Waals surface area (Å²) in [5.74, 6) is -1.29. The Bertz CT molecular complexity index is 512. The van der Waals surface area contributed by atoms with Crippen LogP contribution in [-0.4, -0.2) is 40.0 Å². The molecule has 1 aromatic carbocycles. The lowest BCUT2D eigenvalue weighted by atomic mass is 9.68. The zero-order chi connectivity index (χ0) is 15.7. The van der Waals surface area contributed by atoms with E-state index in [1.165, 1.54) is 0 Å². The normalized spacial score (nSPS) is 27.7. The van der Waals surface area contributed by atoms with E-state index >= 15 is 0 Å². The summed E-state index contributed by atoms with van der Waals surface area (Å²) < 4.78 is 0. The zero-order valence-corrected chi connectivity index (χ0v) is 12.5. The van der Waals surface area contributed by atoms with E-state index in [1.54, 1.807) is 12.1 Å². The lowest BCUT2D eigenvalue weighted by Crippen LogP contribution is -2.46. The van der Waals surface area contributed by atoms with Crippen LogP contribution in [0.2, 0.25) is 0 Å². The maximum absolute atomic E-state index is 11.7. The van der Waals surface area contributed by atoms with E-state index in [9.17, 15) is 20.1 Å². The number of aliphatic hydroxyl groups excluding tert-OH is 1. The second-order valence-electron chi connectivity index (χ2n) is 6.53. The molecule has 116 valence electrons. The van der Waals surface area contributed by atoms with Gasteiger partial charge >= 0.3 is 5.97 Å². The Morgan fingerprint density at radius 2 is 1.95 bits per heavy atom. The van der Waals surface area contributed by atoms with E-state index in [2.05, 4.69) is 5.32 Å². The van der Waals surface area contributed by atoms with Crippen molar-refractivity contribution in [3.8, 4) is 5.75 Å². The lowest BCUT2D eigenvalue weighted by molar-refractivity contribution is -0.148. The summed E-state index contributed by atoms with van der Waals surface area (Å²) in [6.45, 7) is 4.07. The van der Waals surface area contributed by atoms with E-state index < -0.39 is 22.8 Å². The van der Waals surface area contributed by atoms with Crippen molar-refractivity contribution in [2.45, 2.75) is 32.2 Å². The molecular formula is C16H23NO4. The Kier molecular flexibility index (Phi) is 4.25. The number of carboxylic acids is 1. The van der Waals surface area contributed by atoms with Gasteiger partial charge in [-0.15, -0.1) is 0 Å². The summed E-state index contributed by atoms with van der Waals surface area (Å²) in [6, 6.07) is 6.88. The predicted octanol–water partition coefficient (Wildman–Crippen LogP) is 1.39. The minimum Gasteiger partial charge on any atom is -0.508 e. The number of hydrogen-bond acceptors (Lipinski definition) is 4. The van der Waals surface area contributed by atoms with Gasteiger partial charge in [-0.3, -0.25) is 4.79 Å². The van der Waals surface area contributed by atoms with Crippen LogP contribution in [0.4, 0.5) is 0 Å². The monoisotopic (exact) mass is 293 g/mol. The number of hydrogen-bond donors (Lipinski definition) is 4. The number of carboxylic acid groups (broad SMARTS) is 1. The van der Waals surface area contributed by atoms with Crippen molar-refractivity contribution in [1.82, 2.24) is 5.32 Å². The highest BCUT2D eigenvalue weighted by atomic mass is 16.4. The molecule has 0 aromatic heterocycles. The maximum atomic E-state index is 11.7. The van der Waals surface area contributed by atoms with Crippen molar-refractivity contribution in [3.05, 3.63) is 29.8 Å². The number of nitrogens with one attached hydrogen (secondary N) is 1. The third-order valence-corrected chi connectivity index (χ3v) is 4.64. The van der Waals surface area contributed by atoms with Gasteiger partial charge in [-0.2, -0.15) is 0 Å². The number of aliphatic carboxylic acids is 1. The Morgan fingerprint density at radius 3 is 2.48 bits per heavy atom. The molecule has 1 fully saturated rings. The van der Waals surface area contributed by atoms with E-state index in [-0.39, 0.29) is 12.4 Å². The third-order valence-electron chi connectivity index (χ3n) is 4.64. The standard InChI is InChI=1S/C16H23NO4/c1-15(2)13(14(20)21)16(10-18,9-17-15)8-7-11-3-5-12(19)6-4-11/h3-6,13,17-19H,7-10H2,1-2H3,(H,20,21)/t13-,16?/m1/s1. The molecule has 1 saturated heterocycles. The van der Waals surface area contributed by atoms with Crippen LogP contribution in [0.15, 0.2) is 24.3 Å². The molecule has 2 atom stereocenters. The number of carbonyl (C=O) groups is 1. The number of aryl methyl sites for hydroxylation is 1. The van der Waals surface area contributed by atoms with Crippen LogP contribution >= 0.6 is 0 Å². The summed E-state index contributed by atoms with van der Waals surface area (Å²) in [4.78, 5) is 11.7. The van der Waals surface area contributed by atoms with Gasteiger partial charge in [0, 0.05) is 17.5 Å². The van der Waals surface area contributed by atoms with Crippen LogP contribution in [0.3, 0.4) is 0 Å². The summed E-state index contributed by atoms with van der Waals surface area (Å²) in [5, 5.41) is 31.9. The molecule has 1 unspecified atom stereocenters. The molecule has 1 aromatic rings. The highest BCUT2D eigenvalue weighted by Gasteiger charge is 2.55. The van der Waals surface area contributed by atoms with Gasteiger partial charge in [0.05, 0.1) is 12.5 Å². The van der Waals surface area contributed by atoms with Crippen LogP contribution in [0.5, 0.6) is 5.75 Å². The summed E-state index contributed by atoms with van der Waals surface area (Å²) in [5.41, 5.74) is -0.175. The largest absolute Gasteiger partial charge is 0.508 e. The Hall–Kier alpha value is -1.59. The summed E-state index contributed by atoms with van der Waals surface area (Å²) in [6.07, 6.45) is 1.25. The van der Waals surface area contributed by atoms with Crippen LogP contribution in [0.25, 0.3) is 0 Å². The topological polar surface area (TPSA) is 89.8 Å². The molecule has 0 spiro atoms. The number of aromatic hydroxyl groups is 1. The smallest absolute Gasteiger partial charge is 0.309 e. The Balaban J connectivity index is 2.17. The van der Waals surface area contributed by atoms with E-state index in [4.69, 9.17) is 0 Å². The van der Waals surface area contributed by atoms with E-state index in [0.717, 1.165) is 5.56 Å². The first-order chi connectivity index (χ1) is 9.81. The molecule has 0 radical (unpaired) electrons. The molecule has 1 heterocycles. The molecule has 0 bridgehead atoms. The quantitative estimate of drug-likeness (QED) is 0.658. The minimum absolute atomic E-state index is 0.154. The van der Waals surface area contributed by atoms with Gasteiger partial charge in [-0.25, -0.2) is 0 Å². The number of aliphatic hydroxyl groups is 1. The van der Waals surface area contributed by atoms with E-state index in [1.807, 2.05) is 26.0 Å². The SMILES string of the molecule is CC1(C)NCC(CO)(CCc2ccc(O)cc2)[C@@H]1C(=O)O. The van der Waals surface area contributed by atoms with Crippen molar-refractivity contribution in [2.24, 2.45) is 11.3 Å². The highest BCUT2D eigenvalue weighted by molar-refractivity contribution is 5.73. The van der Waals surface area contributed by atoms with Crippen LogP contribution in [0.1, 0.15) is 25.8 Å². The fourth-order valence-electron chi connectivity index (χ4n) is 3.46. The van der Waals surface area contributed by atoms with Crippen LogP contribution in [0, 0.1) is 11.3 Å². The van der Waals surface area contributed by atoms with Crippen molar-refractivity contribution in [3.63, 3.8) is 0 Å².